The molecule has 0 heterocycles. The van der Waals surface area contributed by atoms with Crippen LogP contribution in [0.2, 0.25) is 0 Å². The summed E-state index contributed by atoms with van der Waals surface area (Å²) >= 11 is 0. The van der Waals surface area contributed by atoms with Crippen molar-refractivity contribution in [2.45, 2.75) is 0 Å². The summed E-state index contributed by atoms with van der Waals surface area (Å²) in [5, 5.41) is 4.44. The Balaban J connectivity index is 3.17. The molecule has 0 aromatic heterocycles. The van der Waals surface area contributed by atoms with E-state index in [0.29, 0.717) is 0 Å². The van der Waals surface area contributed by atoms with Gasteiger partial charge in [-0.3, -0.25) is 4.84 Å². The second kappa shape index (κ2) is 3.14. The molecule has 0 saturated carbocycles. The molecule has 0 aliphatic heterocycles. The second-order valence-corrected chi connectivity index (χ2v) is 0.720. The molecular formula is C3H4N2O2. The van der Waals surface area contributed by atoms with Crippen LogP contribution in [-0.2, 0) is 4.84 Å². The molecule has 0 fully saturated rings. The smallest absolute Gasteiger partial charge is 0.323 e. The zero-order chi connectivity index (χ0) is 5.70. The van der Waals surface area contributed by atoms with Crippen molar-refractivity contribution >= 4 is 12.8 Å². The van der Waals surface area contributed by atoms with E-state index < -0.39 is 6.09 Å². The topological polar surface area (TPSA) is 50.7 Å². The molecule has 7 heavy (non-hydrogen) atoms. The van der Waals surface area contributed by atoms with Crippen molar-refractivity contribution in [1.82, 2.24) is 5.32 Å². The first-order valence-corrected chi connectivity index (χ1v) is 1.56. The van der Waals surface area contributed by atoms with Crippen molar-refractivity contribution in [3.8, 4) is 0 Å². The van der Waals surface area contributed by atoms with Gasteiger partial charge < -0.3 is 5.32 Å². The fourth-order valence-electron chi connectivity index (χ4n) is 0.0871. The van der Waals surface area contributed by atoms with Crippen LogP contribution < -0.4 is 5.32 Å². The van der Waals surface area contributed by atoms with Crippen molar-refractivity contribution in [3.63, 3.8) is 0 Å². The second-order valence-electron chi connectivity index (χ2n) is 0.720. The molecular weight excluding hydrogens is 96.0 g/mol. The first-order valence-electron chi connectivity index (χ1n) is 1.56. The normalized spacial score (nSPS) is 7.00. The molecule has 0 bridgehead atoms. The predicted octanol–water partition coefficient (Wildman–Crippen LogP) is -0.288. The average molecular weight is 100 g/mol. The highest BCUT2D eigenvalue weighted by atomic mass is 16.7. The molecule has 0 aliphatic rings. The van der Waals surface area contributed by atoms with Crippen LogP contribution in [0, 0.1) is 0 Å². The summed E-state index contributed by atoms with van der Waals surface area (Å²) in [5.41, 5.74) is 0. The number of amides is 1. The zero-order valence-electron chi connectivity index (χ0n) is 3.76. The van der Waals surface area contributed by atoms with Crippen LogP contribution in [0.3, 0.4) is 0 Å². The summed E-state index contributed by atoms with van der Waals surface area (Å²) in [5.74, 6) is 0. The molecule has 2 radical (unpaired) electrons. The van der Waals surface area contributed by atoms with Crippen molar-refractivity contribution in [1.29, 1.82) is 0 Å². The van der Waals surface area contributed by atoms with E-state index in [9.17, 15) is 4.79 Å². The van der Waals surface area contributed by atoms with Crippen molar-refractivity contribution < 1.29 is 9.63 Å². The van der Waals surface area contributed by atoms with E-state index in [-0.39, 0.29) is 0 Å². The summed E-state index contributed by atoms with van der Waals surface area (Å²) in [4.78, 5) is 13.6. The number of nitrogens with zero attached hydrogens (tertiary/aromatic N) is 1. The highest BCUT2D eigenvalue weighted by Crippen LogP contribution is 1.70. The van der Waals surface area contributed by atoms with Gasteiger partial charge in [-0.25, -0.2) is 4.79 Å². The molecule has 38 valence electrons. The molecule has 0 aromatic carbocycles. The monoisotopic (exact) mass is 100 g/mol. The van der Waals surface area contributed by atoms with Gasteiger partial charge in [0.2, 0.25) is 0 Å². The van der Waals surface area contributed by atoms with Crippen LogP contribution in [0.25, 0.3) is 0 Å². The van der Waals surface area contributed by atoms with Crippen molar-refractivity contribution in [2.24, 2.45) is 5.16 Å². The first kappa shape index (κ1) is 5.94. The molecule has 0 aliphatic carbocycles. The van der Waals surface area contributed by atoms with Gasteiger partial charge in [-0.1, -0.05) is 5.16 Å². The van der Waals surface area contributed by atoms with Crippen LogP contribution >= 0.6 is 0 Å². The van der Waals surface area contributed by atoms with Crippen molar-refractivity contribution in [2.75, 3.05) is 7.05 Å². The minimum absolute atomic E-state index is 0.727. The minimum atomic E-state index is -0.727. The van der Waals surface area contributed by atoms with E-state index in [4.69, 9.17) is 6.72 Å². The lowest BCUT2D eigenvalue weighted by Crippen LogP contribution is -2.16. The van der Waals surface area contributed by atoms with Gasteiger partial charge >= 0.3 is 6.09 Å². The molecule has 0 unspecified atom stereocenters. The van der Waals surface area contributed by atoms with Crippen LogP contribution in [0.15, 0.2) is 5.16 Å². The van der Waals surface area contributed by atoms with Crippen LogP contribution in [0.1, 0.15) is 0 Å². The zero-order valence-corrected chi connectivity index (χ0v) is 3.76. The summed E-state index contributed by atoms with van der Waals surface area (Å²) < 4.78 is 0. The Morgan fingerprint density at radius 2 is 2.57 bits per heavy atom. The number of hydrogen-bond acceptors (Lipinski definition) is 3. The SMILES string of the molecule is [C]=NOC(=O)NC. The fourth-order valence-corrected chi connectivity index (χ4v) is 0.0871. The average Bonchev–Trinajstić information content (AvgIpc) is 1.68. The van der Waals surface area contributed by atoms with Gasteiger partial charge in [0, 0.05) is 7.05 Å². The molecule has 0 atom stereocenters. The van der Waals surface area contributed by atoms with E-state index >= 15 is 0 Å². The van der Waals surface area contributed by atoms with E-state index in [2.05, 4.69) is 15.3 Å². The van der Waals surface area contributed by atoms with E-state index in [1.807, 2.05) is 0 Å². The maximum absolute atomic E-state index is 9.86. The van der Waals surface area contributed by atoms with E-state index in [1.54, 1.807) is 0 Å². The molecule has 0 rings (SSSR count). The lowest BCUT2D eigenvalue weighted by Gasteiger charge is -1.88. The maximum Gasteiger partial charge on any atom is 0.433 e. The van der Waals surface area contributed by atoms with Crippen LogP contribution in [-0.4, -0.2) is 19.9 Å². The third kappa shape index (κ3) is 2.75. The number of rotatable bonds is 1. The van der Waals surface area contributed by atoms with Gasteiger partial charge in [-0.2, -0.15) is 0 Å². The van der Waals surface area contributed by atoms with Gasteiger partial charge in [-0.05, 0) is 0 Å². The Kier molecular flexibility index (Phi) is 2.67. The molecule has 4 heteroatoms. The molecule has 4 nitrogen and oxygen atoms in total. The van der Waals surface area contributed by atoms with E-state index in [0.717, 1.165) is 0 Å². The Labute approximate surface area is 41.1 Å². The van der Waals surface area contributed by atoms with Gasteiger partial charge in [-0.15, -0.1) is 0 Å². The Bertz CT molecular complexity index is 81.0. The number of hydrogen-bond donors (Lipinski definition) is 1. The predicted molar refractivity (Wildman–Crippen MR) is 23.0 cm³/mol. The summed E-state index contributed by atoms with van der Waals surface area (Å²) in [6, 6.07) is 0. The summed E-state index contributed by atoms with van der Waals surface area (Å²) in [6.07, 6.45) is -0.727. The number of carbonyl (C=O) groups is 1. The lowest BCUT2D eigenvalue weighted by atomic mass is 11.1. The first-order chi connectivity index (χ1) is 3.31. The molecule has 1 N–H and O–H groups in total. The molecule has 0 spiro atoms. The largest absolute Gasteiger partial charge is 0.433 e. The van der Waals surface area contributed by atoms with E-state index in [1.165, 1.54) is 7.05 Å². The third-order valence-electron chi connectivity index (χ3n) is 0.333. The number of carbonyl (C=O) groups excluding carboxylic acids is 1. The third-order valence-corrected chi connectivity index (χ3v) is 0.333. The lowest BCUT2D eigenvalue weighted by molar-refractivity contribution is 0.154. The molecule has 0 saturated heterocycles. The Morgan fingerprint density at radius 3 is 2.71 bits per heavy atom. The Morgan fingerprint density at radius 1 is 2.00 bits per heavy atom. The quantitative estimate of drug-likeness (QED) is 0.279. The highest BCUT2D eigenvalue weighted by Gasteiger charge is 1.89. The fraction of sp³-hybridized carbons (Fsp3) is 0.333. The highest BCUT2D eigenvalue weighted by molar-refractivity contribution is 5.66. The van der Waals surface area contributed by atoms with Crippen LogP contribution in [0.4, 0.5) is 4.79 Å². The molecule has 0 aromatic rings. The minimum Gasteiger partial charge on any atom is -0.323 e. The van der Waals surface area contributed by atoms with Gasteiger partial charge in [0.1, 0.15) is 0 Å². The molecule has 1 amide bonds. The Hall–Kier alpha value is -1.06. The number of nitrogens with one attached hydrogen (secondary N) is 1. The van der Waals surface area contributed by atoms with Crippen molar-refractivity contribution in [3.05, 3.63) is 0 Å². The van der Waals surface area contributed by atoms with Gasteiger partial charge in [0.05, 0.1) is 0 Å². The van der Waals surface area contributed by atoms with Crippen LogP contribution in [0.5, 0.6) is 0 Å². The summed E-state index contributed by atoms with van der Waals surface area (Å²) in [6.45, 7) is 5.98. The standard InChI is InChI=1S/C3H4N2O2/c1-4-3(6)7-5-2/h1H3,(H,4,6). The van der Waals surface area contributed by atoms with Gasteiger partial charge in [0.15, 0.2) is 6.72 Å². The maximum atomic E-state index is 9.86. The van der Waals surface area contributed by atoms with Gasteiger partial charge in [0.25, 0.3) is 0 Å². The summed E-state index contributed by atoms with van der Waals surface area (Å²) in [7, 11) is 1.38.